The maximum Gasteiger partial charge on any atom is 0.0439 e. The van der Waals surface area contributed by atoms with Gasteiger partial charge in [0, 0.05) is 16.6 Å². The molecule has 0 saturated heterocycles. The Kier molecular flexibility index (Phi) is 5.77. The van der Waals surface area contributed by atoms with Gasteiger partial charge in [0.15, 0.2) is 0 Å². The van der Waals surface area contributed by atoms with Crippen molar-refractivity contribution >= 4 is 23.2 Å². The zero-order valence-electron chi connectivity index (χ0n) is 12.5. The zero-order chi connectivity index (χ0) is 14.6. The minimum Gasteiger partial charge on any atom is -0.316 e. The van der Waals surface area contributed by atoms with Gasteiger partial charge in [0.1, 0.15) is 0 Å². The average Bonchev–Trinajstić information content (AvgIpc) is 2.82. The van der Waals surface area contributed by atoms with Crippen molar-refractivity contribution in [1.82, 2.24) is 5.32 Å². The van der Waals surface area contributed by atoms with Crippen molar-refractivity contribution in [1.29, 1.82) is 0 Å². The van der Waals surface area contributed by atoms with Gasteiger partial charge in [-0.15, -0.1) is 0 Å². The molecule has 1 aromatic carbocycles. The molecule has 0 amide bonds. The lowest BCUT2D eigenvalue weighted by atomic mass is 9.80. The van der Waals surface area contributed by atoms with E-state index in [1.165, 1.54) is 31.2 Å². The molecular weight excluding hydrogens is 289 g/mol. The second-order valence-corrected chi connectivity index (χ2v) is 7.49. The molecule has 1 aromatic rings. The molecule has 0 heterocycles. The van der Waals surface area contributed by atoms with Gasteiger partial charge in [-0.3, -0.25) is 0 Å². The molecule has 1 nitrogen and oxygen atoms in total. The first-order chi connectivity index (χ1) is 9.51. The molecule has 1 aliphatic rings. The minimum atomic E-state index is 0.364. The Bertz CT molecular complexity index is 437. The van der Waals surface area contributed by atoms with Gasteiger partial charge in [-0.2, -0.15) is 0 Å². The van der Waals surface area contributed by atoms with E-state index in [0.29, 0.717) is 11.3 Å². The Labute approximate surface area is 133 Å². The van der Waals surface area contributed by atoms with Crippen molar-refractivity contribution < 1.29 is 0 Å². The standard InChI is InChI=1S/C17H25Cl2N/c1-13(2)11-20-12-17(7-3-4-8-17)10-14-9-15(18)5-6-16(14)19/h5-6,9,13,20H,3-4,7-8,10-12H2,1-2H3. The van der Waals surface area contributed by atoms with Gasteiger partial charge in [0.25, 0.3) is 0 Å². The van der Waals surface area contributed by atoms with Crippen molar-refractivity contribution in [2.45, 2.75) is 46.0 Å². The number of halogens is 2. The zero-order valence-corrected chi connectivity index (χ0v) is 14.0. The molecule has 0 aromatic heterocycles. The van der Waals surface area contributed by atoms with Gasteiger partial charge in [0.05, 0.1) is 0 Å². The average molecular weight is 314 g/mol. The Hall–Kier alpha value is -0.240. The Balaban J connectivity index is 2.06. The summed E-state index contributed by atoms with van der Waals surface area (Å²) in [5.41, 5.74) is 1.57. The summed E-state index contributed by atoms with van der Waals surface area (Å²) in [5, 5.41) is 5.28. The second-order valence-electron chi connectivity index (χ2n) is 6.64. The molecule has 20 heavy (non-hydrogen) atoms. The smallest absolute Gasteiger partial charge is 0.0439 e. The predicted molar refractivity (Wildman–Crippen MR) is 88.8 cm³/mol. The third-order valence-corrected chi connectivity index (χ3v) is 4.89. The monoisotopic (exact) mass is 313 g/mol. The van der Waals surface area contributed by atoms with E-state index in [9.17, 15) is 0 Å². The first-order valence-corrected chi connectivity index (χ1v) is 8.41. The molecule has 0 atom stereocenters. The lowest BCUT2D eigenvalue weighted by molar-refractivity contribution is 0.273. The van der Waals surface area contributed by atoms with Crippen LogP contribution in [-0.4, -0.2) is 13.1 Å². The van der Waals surface area contributed by atoms with E-state index in [1.54, 1.807) is 0 Å². The van der Waals surface area contributed by atoms with Crippen LogP contribution in [-0.2, 0) is 6.42 Å². The van der Waals surface area contributed by atoms with Gasteiger partial charge in [-0.25, -0.2) is 0 Å². The van der Waals surface area contributed by atoms with Crippen LogP contribution < -0.4 is 5.32 Å². The first kappa shape index (κ1) is 16.1. The fourth-order valence-electron chi connectivity index (χ4n) is 3.25. The normalized spacial score (nSPS) is 17.9. The summed E-state index contributed by atoms with van der Waals surface area (Å²) >= 11 is 12.5. The van der Waals surface area contributed by atoms with Crippen LogP contribution in [0.4, 0.5) is 0 Å². The summed E-state index contributed by atoms with van der Waals surface area (Å²) in [6.45, 7) is 6.68. The number of benzene rings is 1. The summed E-state index contributed by atoms with van der Waals surface area (Å²) in [6, 6.07) is 5.82. The van der Waals surface area contributed by atoms with Gasteiger partial charge in [0.2, 0.25) is 0 Å². The molecule has 112 valence electrons. The van der Waals surface area contributed by atoms with Crippen LogP contribution in [0, 0.1) is 11.3 Å². The Morgan fingerprint density at radius 1 is 1.20 bits per heavy atom. The highest BCUT2D eigenvalue weighted by Gasteiger charge is 2.34. The predicted octanol–water partition coefficient (Wildman–Crippen LogP) is 5.34. The number of hydrogen-bond donors (Lipinski definition) is 1. The van der Waals surface area contributed by atoms with Crippen LogP contribution in [0.5, 0.6) is 0 Å². The van der Waals surface area contributed by atoms with Gasteiger partial charge in [-0.1, -0.05) is 49.9 Å². The molecule has 0 radical (unpaired) electrons. The van der Waals surface area contributed by atoms with E-state index in [-0.39, 0.29) is 0 Å². The van der Waals surface area contributed by atoms with E-state index >= 15 is 0 Å². The van der Waals surface area contributed by atoms with Gasteiger partial charge < -0.3 is 5.32 Å². The summed E-state index contributed by atoms with van der Waals surface area (Å²) in [5.74, 6) is 0.697. The van der Waals surface area contributed by atoms with Crippen molar-refractivity contribution in [3.8, 4) is 0 Å². The van der Waals surface area contributed by atoms with Gasteiger partial charge in [-0.05, 0) is 60.9 Å². The summed E-state index contributed by atoms with van der Waals surface area (Å²) < 4.78 is 0. The molecule has 0 aliphatic heterocycles. The van der Waals surface area contributed by atoms with Crippen LogP contribution in [0.1, 0.15) is 45.1 Å². The third-order valence-electron chi connectivity index (χ3n) is 4.29. The van der Waals surface area contributed by atoms with Crippen LogP contribution >= 0.6 is 23.2 Å². The van der Waals surface area contributed by atoms with Crippen molar-refractivity contribution in [2.75, 3.05) is 13.1 Å². The van der Waals surface area contributed by atoms with Crippen molar-refractivity contribution in [2.24, 2.45) is 11.3 Å². The summed E-state index contributed by atoms with van der Waals surface area (Å²) in [4.78, 5) is 0. The highest BCUT2D eigenvalue weighted by Crippen LogP contribution is 2.42. The SMILES string of the molecule is CC(C)CNCC1(Cc2cc(Cl)ccc2Cl)CCCC1. The number of rotatable bonds is 6. The largest absolute Gasteiger partial charge is 0.316 e. The van der Waals surface area contributed by atoms with Crippen LogP contribution in [0.25, 0.3) is 0 Å². The van der Waals surface area contributed by atoms with Gasteiger partial charge >= 0.3 is 0 Å². The topological polar surface area (TPSA) is 12.0 Å². The van der Waals surface area contributed by atoms with Crippen molar-refractivity contribution in [3.05, 3.63) is 33.8 Å². The summed E-state index contributed by atoms with van der Waals surface area (Å²) in [7, 11) is 0. The molecule has 0 unspecified atom stereocenters. The van der Waals surface area contributed by atoms with Crippen molar-refractivity contribution in [3.63, 3.8) is 0 Å². The van der Waals surface area contributed by atoms with E-state index < -0.39 is 0 Å². The minimum absolute atomic E-state index is 0.364. The molecule has 1 aliphatic carbocycles. The second kappa shape index (κ2) is 7.15. The molecule has 2 rings (SSSR count). The molecule has 0 spiro atoms. The molecule has 1 fully saturated rings. The molecule has 1 N–H and O–H groups in total. The van der Waals surface area contributed by atoms with E-state index in [2.05, 4.69) is 19.2 Å². The van der Waals surface area contributed by atoms with Crippen LogP contribution in [0.3, 0.4) is 0 Å². The molecule has 3 heteroatoms. The molecule has 0 bridgehead atoms. The molecular formula is C17H25Cl2N. The first-order valence-electron chi connectivity index (χ1n) is 7.65. The lowest BCUT2D eigenvalue weighted by Crippen LogP contribution is -2.35. The number of nitrogens with one attached hydrogen (secondary N) is 1. The number of hydrogen-bond acceptors (Lipinski definition) is 1. The third kappa shape index (κ3) is 4.38. The van der Waals surface area contributed by atoms with E-state index in [1.807, 2.05) is 18.2 Å². The van der Waals surface area contributed by atoms with Crippen LogP contribution in [0.2, 0.25) is 10.0 Å². The lowest BCUT2D eigenvalue weighted by Gasteiger charge is -2.30. The fraction of sp³-hybridized carbons (Fsp3) is 0.647. The van der Waals surface area contributed by atoms with E-state index in [4.69, 9.17) is 23.2 Å². The molecule has 1 saturated carbocycles. The fourth-order valence-corrected chi connectivity index (χ4v) is 3.63. The van der Waals surface area contributed by atoms with E-state index in [0.717, 1.165) is 29.6 Å². The maximum absolute atomic E-state index is 6.34. The Morgan fingerprint density at radius 3 is 2.55 bits per heavy atom. The Morgan fingerprint density at radius 2 is 1.90 bits per heavy atom. The van der Waals surface area contributed by atoms with Crippen LogP contribution in [0.15, 0.2) is 18.2 Å². The maximum atomic E-state index is 6.34. The summed E-state index contributed by atoms with van der Waals surface area (Å²) in [6.07, 6.45) is 6.29. The quantitative estimate of drug-likeness (QED) is 0.747. The highest BCUT2D eigenvalue weighted by atomic mass is 35.5. The highest BCUT2D eigenvalue weighted by molar-refractivity contribution is 6.33.